The third-order valence-electron chi connectivity index (χ3n) is 0. The van der Waals surface area contributed by atoms with E-state index < -0.39 is 31.2 Å². The minimum absolute atomic E-state index is 0. The van der Waals surface area contributed by atoms with Crippen molar-refractivity contribution in [3.8, 4) is 0 Å². The molecule has 0 aromatic heterocycles. The second-order valence-corrected chi connectivity index (χ2v) is 4.03. The van der Waals surface area contributed by atoms with Gasteiger partial charge in [-0.2, -0.15) is 25.3 Å². The monoisotopic (exact) mass is 516 g/mol. The molecule has 0 bridgehead atoms. The third-order valence-corrected chi connectivity index (χ3v) is 0. The summed E-state index contributed by atoms with van der Waals surface area (Å²) in [6.45, 7) is 0. The van der Waals surface area contributed by atoms with E-state index in [1.54, 1.807) is 0 Å². The molecule has 0 radical (unpaired) electrons. The molecular weight excluding hydrogens is 506 g/mol. The molecule has 0 aliphatic heterocycles. The summed E-state index contributed by atoms with van der Waals surface area (Å²) in [6, 6.07) is 0. The van der Waals surface area contributed by atoms with Crippen LogP contribution in [0.1, 0.15) is 0 Å². The number of hydrogen-bond donors (Lipinski definition) is 6. The Balaban J connectivity index is -0.0000000400. The average molecular weight is 515 g/mol. The van der Waals surface area contributed by atoms with Gasteiger partial charge in [-0.15, -0.1) is 0 Å². The van der Waals surface area contributed by atoms with Crippen molar-refractivity contribution >= 4 is 55.6 Å². The fourth-order valence-electron chi connectivity index (χ4n) is 0. The van der Waals surface area contributed by atoms with Gasteiger partial charge in [-0.3, -0.25) is 27.3 Å². The molecule has 0 aromatic rings. The van der Waals surface area contributed by atoms with Crippen molar-refractivity contribution in [3.05, 3.63) is 0 Å². The van der Waals surface area contributed by atoms with Crippen LogP contribution in [0.4, 0.5) is 0 Å². The van der Waals surface area contributed by atoms with E-state index in [4.69, 9.17) is 52.6 Å². The Morgan fingerprint density at radius 1 is 0.471 bits per heavy atom. The van der Waals surface area contributed by atoms with Crippen molar-refractivity contribution in [1.29, 1.82) is 0 Å². The van der Waals surface area contributed by atoms with Gasteiger partial charge in [0.15, 0.2) is 0 Å². The maximum atomic E-state index is 8.74. The summed E-state index contributed by atoms with van der Waals surface area (Å²) in [7, 11) is -14.0. The first-order valence-electron chi connectivity index (χ1n) is 2.10. The molecule has 0 unspecified atom stereocenters. The number of rotatable bonds is 0. The Kier molecular flexibility index (Phi) is 22.1. The zero-order valence-corrected chi connectivity index (χ0v) is 16.0. The first-order valence-corrected chi connectivity index (χ1v) is 6.29. The SMILES string of the molecule is O=S(=O)(O)O.O=S(=O)(O)O.O=S(=O)(O)O.[Mo].[SbH3]. The zero-order valence-electron chi connectivity index (χ0n) is 7.47. The van der Waals surface area contributed by atoms with E-state index in [0.29, 0.717) is 0 Å². The van der Waals surface area contributed by atoms with Gasteiger partial charge in [-0.05, 0) is 0 Å². The first kappa shape index (κ1) is 30.9. The molecule has 0 atom stereocenters. The van der Waals surface area contributed by atoms with Crippen LogP contribution in [0.5, 0.6) is 0 Å². The van der Waals surface area contributed by atoms with E-state index in [0.717, 1.165) is 0 Å². The molecule has 12 nitrogen and oxygen atoms in total. The summed E-state index contributed by atoms with van der Waals surface area (Å²) in [5, 5.41) is 0. The van der Waals surface area contributed by atoms with Crippen LogP contribution in [0.15, 0.2) is 0 Å². The van der Waals surface area contributed by atoms with Gasteiger partial charge in [0.25, 0.3) is 0 Å². The molecule has 0 rings (SSSR count). The van der Waals surface area contributed by atoms with Gasteiger partial charge in [0.1, 0.15) is 0 Å². The molecule has 0 aromatic carbocycles. The molecule has 0 fully saturated rings. The van der Waals surface area contributed by atoms with Crippen LogP contribution in [0, 0.1) is 0 Å². The predicted molar refractivity (Wildman–Crippen MR) is 52.5 cm³/mol. The maximum absolute atomic E-state index is 8.74. The first-order chi connectivity index (χ1) is 6.00. The Hall–Kier alpha value is 1.12. The Labute approximate surface area is 128 Å². The van der Waals surface area contributed by atoms with Gasteiger partial charge < -0.3 is 0 Å². The molecule has 0 amide bonds. The Morgan fingerprint density at radius 3 is 0.471 bits per heavy atom. The van der Waals surface area contributed by atoms with E-state index >= 15 is 0 Å². The van der Waals surface area contributed by atoms with Crippen molar-refractivity contribution in [3.63, 3.8) is 0 Å². The van der Waals surface area contributed by atoms with Crippen molar-refractivity contribution in [2.45, 2.75) is 0 Å². The van der Waals surface area contributed by atoms with E-state index in [9.17, 15) is 0 Å². The molecule has 0 heterocycles. The molecule has 0 saturated heterocycles. The van der Waals surface area contributed by atoms with Gasteiger partial charge in [0, 0.05) is 21.1 Å². The minimum atomic E-state index is -4.67. The van der Waals surface area contributed by atoms with Crippen LogP contribution in [0.3, 0.4) is 0 Å². The summed E-state index contributed by atoms with van der Waals surface area (Å²) in [6.07, 6.45) is 0. The molecule has 17 heavy (non-hydrogen) atoms. The average Bonchev–Trinajstić information content (AvgIpc) is 1.41. The fourth-order valence-corrected chi connectivity index (χ4v) is 0. The van der Waals surface area contributed by atoms with Crippen molar-refractivity contribution in [1.82, 2.24) is 0 Å². The van der Waals surface area contributed by atoms with Crippen LogP contribution in [-0.4, -0.2) is 77.0 Å². The van der Waals surface area contributed by atoms with Crippen molar-refractivity contribution < 1.29 is 73.6 Å². The molecule has 0 aliphatic rings. The van der Waals surface area contributed by atoms with Gasteiger partial charge in [0.2, 0.25) is 0 Å². The van der Waals surface area contributed by atoms with Crippen LogP contribution in [0.25, 0.3) is 0 Å². The standard InChI is InChI=1S/Mo.3H2O4S.Sb.3H/c;3*1-5(2,3)4;;;;/h;3*(H2,1,2,3,4);;;;. The van der Waals surface area contributed by atoms with E-state index in [2.05, 4.69) is 0 Å². The second kappa shape index (κ2) is 12.2. The van der Waals surface area contributed by atoms with E-state index in [-0.39, 0.29) is 45.5 Å². The summed E-state index contributed by atoms with van der Waals surface area (Å²) in [4.78, 5) is 0. The van der Waals surface area contributed by atoms with Gasteiger partial charge >= 0.3 is 55.6 Å². The summed E-state index contributed by atoms with van der Waals surface area (Å²) in [5.74, 6) is 0. The Morgan fingerprint density at radius 2 is 0.471 bits per heavy atom. The van der Waals surface area contributed by atoms with E-state index in [1.807, 2.05) is 0 Å². The number of hydrogen-bond acceptors (Lipinski definition) is 6. The summed E-state index contributed by atoms with van der Waals surface area (Å²) >= 11 is 0. The zero-order chi connectivity index (χ0) is 13.5. The van der Waals surface area contributed by atoms with Crippen molar-refractivity contribution in [2.24, 2.45) is 0 Å². The van der Waals surface area contributed by atoms with E-state index in [1.165, 1.54) is 0 Å². The molecule has 0 aliphatic carbocycles. The molecule has 6 N–H and O–H groups in total. The molecule has 0 saturated carbocycles. The normalized spacial score (nSPS) is 10.2. The predicted octanol–water partition coefficient (Wildman–Crippen LogP) is -3.14. The fraction of sp³-hybridized carbons (Fsp3) is 0. The Bertz CT molecular complexity index is 343. The van der Waals surface area contributed by atoms with Crippen LogP contribution >= 0.6 is 0 Å². The second-order valence-electron chi connectivity index (χ2n) is 1.34. The van der Waals surface area contributed by atoms with Crippen LogP contribution in [-0.2, 0) is 52.3 Å². The summed E-state index contributed by atoms with van der Waals surface area (Å²) < 4.78 is 94.8. The molecular formula is H9MoO12S3Sb. The summed E-state index contributed by atoms with van der Waals surface area (Å²) in [5.41, 5.74) is 0. The molecule has 0 spiro atoms. The molecule has 17 heteroatoms. The topological polar surface area (TPSA) is 224 Å². The van der Waals surface area contributed by atoms with Gasteiger partial charge in [0.05, 0.1) is 0 Å². The third kappa shape index (κ3) is 3140. The van der Waals surface area contributed by atoms with Crippen LogP contribution < -0.4 is 0 Å². The van der Waals surface area contributed by atoms with Gasteiger partial charge in [-0.1, -0.05) is 0 Å². The van der Waals surface area contributed by atoms with Gasteiger partial charge in [-0.25, -0.2) is 0 Å². The quantitative estimate of drug-likeness (QED) is 0.139. The van der Waals surface area contributed by atoms with Crippen molar-refractivity contribution in [2.75, 3.05) is 0 Å². The molecule has 110 valence electrons. The van der Waals surface area contributed by atoms with Crippen LogP contribution in [0.2, 0.25) is 0 Å².